The number of hydrogen-bond donors (Lipinski definition) is 3. The molecule has 0 spiro atoms. The molecule has 0 saturated carbocycles. The minimum Gasteiger partial charge on any atom is -0.481 e. The van der Waals surface area contributed by atoms with E-state index in [-0.39, 0.29) is 11.1 Å². The molecule has 1 rings (SSSR count). The molecular weight excluding hydrogens is 252 g/mol. The van der Waals surface area contributed by atoms with Crippen molar-refractivity contribution < 1.29 is 29.7 Å². The van der Waals surface area contributed by atoms with Gasteiger partial charge in [-0.05, 0) is 18.6 Å². The van der Waals surface area contributed by atoms with Crippen LogP contribution >= 0.6 is 0 Å². The fraction of sp³-hybridized carbons (Fsp3) is 0.308. The number of unbranched alkanes of at least 4 members (excludes halogenated alkanes) is 1. The van der Waals surface area contributed by atoms with Gasteiger partial charge < -0.3 is 15.3 Å². The second kappa shape index (κ2) is 8.68. The highest BCUT2D eigenvalue weighted by Crippen LogP contribution is 2.07. The number of rotatable bonds is 5. The van der Waals surface area contributed by atoms with Crippen LogP contribution in [-0.2, 0) is 4.79 Å². The highest BCUT2D eigenvalue weighted by molar-refractivity contribution is 6.01. The van der Waals surface area contributed by atoms with Gasteiger partial charge in [-0.25, -0.2) is 9.59 Å². The minimum atomic E-state index is -1.23. The summed E-state index contributed by atoms with van der Waals surface area (Å²) in [5, 5.41) is 25.1. The molecule has 6 heteroatoms. The van der Waals surface area contributed by atoms with Crippen LogP contribution in [0, 0.1) is 0 Å². The van der Waals surface area contributed by atoms with E-state index in [4.69, 9.17) is 15.3 Å². The zero-order valence-corrected chi connectivity index (χ0v) is 10.5. The van der Waals surface area contributed by atoms with Crippen molar-refractivity contribution in [2.45, 2.75) is 26.2 Å². The summed E-state index contributed by atoms with van der Waals surface area (Å²) in [7, 11) is 0. The Balaban J connectivity index is 0.000000399. The number of aromatic carboxylic acids is 2. The first-order valence-corrected chi connectivity index (χ1v) is 5.67. The Morgan fingerprint density at radius 2 is 1.37 bits per heavy atom. The van der Waals surface area contributed by atoms with Gasteiger partial charge in [0.05, 0.1) is 11.1 Å². The van der Waals surface area contributed by atoms with Crippen molar-refractivity contribution in [1.29, 1.82) is 0 Å². The molecule has 0 aromatic heterocycles. The van der Waals surface area contributed by atoms with Gasteiger partial charge in [0.25, 0.3) is 0 Å². The standard InChI is InChI=1S/C8H6O4.C5H10O2/c9-7(10)5-3-1-2-4-6(5)8(11)12;1-2-3-4-5(6)7/h1-4H,(H,9,10)(H,11,12);2-4H2,1H3,(H,6,7). The third-order valence-electron chi connectivity index (χ3n) is 2.13. The molecule has 0 radical (unpaired) electrons. The number of hydrogen-bond acceptors (Lipinski definition) is 3. The lowest BCUT2D eigenvalue weighted by Gasteiger charge is -1.98. The first-order valence-electron chi connectivity index (χ1n) is 5.67. The Bertz CT molecular complexity index is 419. The molecule has 19 heavy (non-hydrogen) atoms. The summed E-state index contributed by atoms with van der Waals surface area (Å²) < 4.78 is 0. The van der Waals surface area contributed by atoms with Gasteiger partial charge in [-0.1, -0.05) is 25.5 Å². The molecular formula is C13H16O6. The topological polar surface area (TPSA) is 112 Å². The lowest BCUT2D eigenvalue weighted by atomic mass is 10.1. The van der Waals surface area contributed by atoms with Crippen LogP contribution in [0.2, 0.25) is 0 Å². The van der Waals surface area contributed by atoms with Crippen LogP contribution in [0.15, 0.2) is 24.3 Å². The van der Waals surface area contributed by atoms with Crippen molar-refractivity contribution in [1.82, 2.24) is 0 Å². The van der Waals surface area contributed by atoms with Gasteiger partial charge >= 0.3 is 17.9 Å². The molecule has 6 nitrogen and oxygen atoms in total. The van der Waals surface area contributed by atoms with Gasteiger partial charge in [0.15, 0.2) is 0 Å². The maximum Gasteiger partial charge on any atom is 0.336 e. The first-order chi connectivity index (χ1) is 8.90. The van der Waals surface area contributed by atoms with E-state index in [1.807, 2.05) is 6.92 Å². The predicted molar refractivity (Wildman–Crippen MR) is 67.5 cm³/mol. The summed E-state index contributed by atoms with van der Waals surface area (Å²) in [5.41, 5.74) is -0.380. The average molecular weight is 268 g/mol. The fourth-order valence-corrected chi connectivity index (χ4v) is 1.18. The smallest absolute Gasteiger partial charge is 0.336 e. The molecule has 0 aliphatic carbocycles. The van der Waals surface area contributed by atoms with Gasteiger partial charge in [0.1, 0.15) is 0 Å². The molecule has 0 fully saturated rings. The SMILES string of the molecule is CCCCC(=O)O.O=C(O)c1ccccc1C(=O)O. The van der Waals surface area contributed by atoms with Crippen LogP contribution in [-0.4, -0.2) is 33.2 Å². The maximum atomic E-state index is 10.5. The Kier molecular flexibility index (Phi) is 7.60. The zero-order chi connectivity index (χ0) is 14.8. The lowest BCUT2D eigenvalue weighted by Crippen LogP contribution is -2.06. The van der Waals surface area contributed by atoms with E-state index in [2.05, 4.69) is 0 Å². The van der Waals surface area contributed by atoms with Crippen molar-refractivity contribution in [3.05, 3.63) is 35.4 Å². The van der Waals surface area contributed by atoms with Crippen LogP contribution in [0.5, 0.6) is 0 Å². The summed E-state index contributed by atoms with van der Waals surface area (Å²) in [4.78, 5) is 30.7. The molecule has 1 aromatic rings. The van der Waals surface area contributed by atoms with Crippen LogP contribution < -0.4 is 0 Å². The second-order valence-electron chi connectivity index (χ2n) is 3.65. The number of aliphatic carboxylic acids is 1. The van der Waals surface area contributed by atoms with Crippen molar-refractivity contribution in [2.75, 3.05) is 0 Å². The quantitative estimate of drug-likeness (QED) is 0.755. The van der Waals surface area contributed by atoms with E-state index in [0.717, 1.165) is 12.8 Å². The summed E-state index contributed by atoms with van der Waals surface area (Å²) in [5.74, 6) is -3.15. The Morgan fingerprint density at radius 1 is 0.947 bits per heavy atom. The molecule has 0 bridgehead atoms. The fourth-order valence-electron chi connectivity index (χ4n) is 1.18. The summed E-state index contributed by atoms with van der Waals surface area (Å²) in [6, 6.07) is 5.48. The molecule has 104 valence electrons. The highest BCUT2D eigenvalue weighted by Gasteiger charge is 2.13. The zero-order valence-electron chi connectivity index (χ0n) is 10.5. The van der Waals surface area contributed by atoms with E-state index >= 15 is 0 Å². The van der Waals surface area contributed by atoms with Crippen LogP contribution in [0.3, 0.4) is 0 Å². The Morgan fingerprint density at radius 3 is 1.58 bits per heavy atom. The van der Waals surface area contributed by atoms with Gasteiger partial charge in [-0.15, -0.1) is 0 Å². The first kappa shape index (κ1) is 16.6. The predicted octanol–water partition coefficient (Wildman–Crippen LogP) is 2.34. The number of carbonyl (C=O) groups is 3. The van der Waals surface area contributed by atoms with Gasteiger partial charge in [-0.2, -0.15) is 0 Å². The minimum absolute atomic E-state index is 0.190. The largest absolute Gasteiger partial charge is 0.481 e. The maximum absolute atomic E-state index is 10.5. The average Bonchev–Trinajstić information content (AvgIpc) is 2.36. The lowest BCUT2D eigenvalue weighted by molar-refractivity contribution is -0.137. The van der Waals surface area contributed by atoms with Crippen molar-refractivity contribution in [2.24, 2.45) is 0 Å². The van der Waals surface area contributed by atoms with Crippen LogP contribution in [0.25, 0.3) is 0 Å². The number of benzene rings is 1. The molecule has 0 amide bonds. The van der Waals surface area contributed by atoms with Crippen LogP contribution in [0.1, 0.15) is 46.9 Å². The molecule has 3 N–H and O–H groups in total. The third kappa shape index (κ3) is 6.82. The normalized spacial score (nSPS) is 9.11. The number of carboxylic acids is 3. The van der Waals surface area contributed by atoms with E-state index in [1.54, 1.807) is 0 Å². The summed E-state index contributed by atoms with van der Waals surface area (Å²) in [6.07, 6.45) is 2.08. The molecule has 1 aromatic carbocycles. The third-order valence-corrected chi connectivity index (χ3v) is 2.13. The van der Waals surface area contributed by atoms with Gasteiger partial charge in [-0.3, -0.25) is 4.79 Å². The number of carboxylic acid groups (broad SMARTS) is 3. The van der Waals surface area contributed by atoms with Gasteiger partial charge in [0, 0.05) is 6.42 Å². The van der Waals surface area contributed by atoms with Crippen molar-refractivity contribution in [3.8, 4) is 0 Å². The van der Waals surface area contributed by atoms with E-state index < -0.39 is 17.9 Å². The van der Waals surface area contributed by atoms with Crippen molar-refractivity contribution >= 4 is 17.9 Å². The second-order valence-corrected chi connectivity index (χ2v) is 3.65. The highest BCUT2D eigenvalue weighted by atomic mass is 16.4. The molecule has 0 aliphatic rings. The van der Waals surface area contributed by atoms with Crippen LogP contribution in [0.4, 0.5) is 0 Å². The monoisotopic (exact) mass is 268 g/mol. The van der Waals surface area contributed by atoms with E-state index in [9.17, 15) is 14.4 Å². The van der Waals surface area contributed by atoms with E-state index in [1.165, 1.54) is 24.3 Å². The Hall–Kier alpha value is -2.37. The summed E-state index contributed by atoms with van der Waals surface area (Å²) in [6.45, 7) is 1.98. The molecule has 0 unspecified atom stereocenters. The molecule has 0 saturated heterocycles. The Labute approximate surface area is 110 Å². The van der Waals surface area contributed by atoms with Crippen molar-refractivity contribution in [3.63, 3.8) is 0 Å². The molecule has 0 atom stereocenters. The van der Waals surface area contributed by atoms with E-state index in [0.29, 0.717) is 6.42 Å². The summed E-state index contributed by atoms with van der Waals surface area (Å²) >= 11 is 0. The molecule has 0 aliphatic heterocycles. The van der Waals surface area contributed by atoms with Gasteiger partial charge in [0.2, 0.25) is 0 Å². The molecule has 0 heterocycles.